The van der Waals surface area contributed by atoms with Crippen LogP contribution < -0.4 is 15.8 Å². The Hall–Kier alpha value is -2.90. The van der Waals surface area contributed by atoms with Crippen molar-refractivity contribution < 1.29 is 23.0 Å². The molecule has 0 heterocycles. The third kappa shape index (κ3) is 5.42. The van der Waals surface area contributed by atoms with Crippen molar-refractivity contribution in [2.24, 2.45) is 10.7 Å². The van der Waals surface area contributed by atoms with Crippen molar-refractivity contribution in [2.75, 3.05) is 5.32 Å². The molecule has 0 saturated heterocycles. The van der Waals surface area contributed by atoms with Gasteiger partial charge in [-0.15, -0.1) is 13.2 Å². The van der Waals surface area contributed by atoms with E-state index in [9.17, 15) is 18.3 Å². The monoisotopic (exact) mass is 325 g/mol. The van der Waals surface area contributed by atoms with Crippen molar-refractivity contribution >= 4 is 11.6 Å². The molecule has 2 aromatic carbocycles. The van der Waals surface area contributed by atoms with Gasteiger partial charge in [0.2, 0.25) is 0 Å². The molecule has 122 valence electrons. The summed E-state index contributed by atoms with van der Waals surface area (Å²) in [7, 11) is 0. The number of guanidine groups is 1. The lowest BCUT2D eigenvalue weighted by Crippen LogP contribution is -2.24. The number of nitrogens with zero attached hydrogens (tertiary/aromatic N) is 1. The number of alkyl halides is 3. The van der Waals surface area contributed by atoms with Crippen LogP contribution in [0.4, 0.5) is 18.9 Å². The number of hydrogen-bond acceptors (Lipinski definition) is 3. The number of phenolic OH excluding ortho intramolecular Hbond substituents is 1. The Kier molecular flexibility index (Phi) is 4.95. The minimum Gasteiger partial charge on any atom is -0.508 e. The zero-order chi connectivity index (χ0) is 16.9. The maximum Gasteiger partial charge on any atom is 0.573 e. The molecule has 0 aliphatic rings. The van der Waals surface area contributed by atoms with Gasteiger partial charge in [0.25, 0.3) is 0 Å². The van der Waals surface area contributed by atoms with Crippen LogP contribution in [-0.2, 0) is 6.54 Å². The first-order valence-electron chi connectivity index (χ1n) is 6.53. The summed E-state index contributed by atoms with van der Waals surface area (Å²) in [4.78, 5) is 4.02. The lowest BCUT2D eigenvalue weighted by Gasteiger charge is -2.14. The van der Waals surface area contributed by atoms with Crippen LogP contribution in [0.25, 0.3) is 0 Å². The molecule has 2 rings (SSSR count). The summed E-state index contributed by atoms with van der Waals surface area (Å²) < 4.78 is 40.9. The van der Waals surface area contributed by atoms with E-state index in [-0.39, 0.29) is 23.9 Å². The van der Waals surface area contributed by atoms with Gasteiger partial charge in [0.05, 0.1) is 12.2 Å². The zero-order valence-electron chi connectivity index (χ0n) is 11.8. The minimum atomic E-state index is -4.80. The molecule has 23 heavy (non-hydrogen) atoms. The van der Waals surface area contributed by atoms with Gasteiger partial charge in [0, 0.05) is 0 Å². The van der Waals surface area contributed by atoms with E-state index in [0.29, 0.717) is 0 Å². The lowest BCUT2D eigenvalue weighted by molar-refractivity contribution is -0.274. The number of nitrogens with one attached hydrogen (secondary N) is 1. The van der Waals surface area contributed by atoms with Gasteiger partial charge < -0.3 is 20.9 Å². The molecule has 0 radical (unpaired) electrons. The van der Waals surface area contributed by atoms with E-state index in [0.717, 1.165) is 5.56 Å². The highest BCUT2D eigenvalue weighted by Crippen LogP contribution is 2.29. The number of para-hydroxylation sites is 2. The second-order valence-corrected chi connectivity index (χ2v) is 4.54. The molecule has 8 heteroatoms. The number of aromatic hydroxyl groups is 1. The largest absolute Gasteiger partial charge is 0.573 e. The van der Waals surface area contributed by atoms with Crippen LogP contribution >= 0.6 is 0 Å². The topological polar surface area (TPSA) is 79.9 Å². The van der Waals surface area contributed by atoms with Crippen LogP contribution in [0.2, 0.25) is 0 Å². The Labute approximate surface area is 130 Å². The summed E-state index contributed by atoms with van der Waals surface area (Å²) >= 11 is 0. The SMILES string of the molecule is NC(=NCc1ccc(O)cc1)Nc1ccccc1OC(F)(F)F. The van der Waals surface area contributed by atoms with E-state index in [1.54, 1.807) is 18.2 Å². The standard InChI is InChI=1S/C15H14F3N3O2/c16-15(17,18)23-13-4-2-1-3-12(13)21-14(19)20-9-10-5-7-11(22)8-6-10/h1-8,22H,9H2,(H3,19,20,21). The third-order valence-corrected chi connectivity index (χ3v) is 2.74. The van der Waals surface area contributed by atoms with Crippen LogP contribution in [0.3, 0.4) is 0 Å². The second-order valence-electron chi connectivity index (χ2n) is 4.54. The maximum atomic E-state index is 12.3. The molecule has 0 amide bonds. The number of aliphatic imine (C=N–C) groups is 1. The molecule has 0 spiro atoms. The minimum absolute atomic E-state index is 0.0526. The number of anilines is 1. The van der Waals surface area contributed by atoms with Gasteiger partial charge in [-0.2, -0.15) is 0 Å². The lowest BCUT2D eigenvalue weighted by atomic mass is 10.2. The van der Waals surface area contributed by atoms with Gasteiger partial charge in [-0.3, -0.25) is 0 Å². The van der Waals surface area contributed by atoms with Crippen LogP contribution in [0, 0.1) is 0 Å². The van der Waals surface area contributed by atoms with Crippen molar-refractivity contribution in [3.8, 4) is 11.5 Å². The Balaban J connectivity index is 2.06. The number of phenols is 1. The smallest absolute Gasteiger partial charge is 0.508 e. The van der Waals surface area contributed by atoms with E-state index in [4.69, 9.17) is 5.73 Å². The molecule has 0 aliphatic carbocycles. The number of rotatable bonds is 4. The molecular formula is C15H14F3N3O2. The Morgan fingerprint density at radius 3 is 2.43 bits per heavy atom. The summed E-state index contributed by atoms with van der Waals surface area (Å²) in [6.45, 7) is 0.210. The van der Waals surface area contributed by atoms with Crippen molar-refractivity contribution in [1.29, 1.82) is 0 Å². The molecule has 0 bridgehead atoms. The first-order chi connectivity index (χ1) is 10.8. The predicted molar refractivity (Wildman–Crippen MR) is 80.2 cm³/mol. The number of halogens is 3. The van der Waals surface area contributed by atoms with Crippen molar-refractivity contribution in [3.63, 3.8) is 0 Å². The highest BCUT2D eigenvalue weighted by atomic mass is 19.4. The summed E-state index contributed by atoms with van der Waals surface area (Å²) in [5.74, 6) is -0.332. The first-order valence-corrected chi connectivity index (χ1v) is 6.53. The molecule has 0 aliphatic heterocycles. The van der Waals surface area contributed by atoms with Crippen molar-refractivity contribution in [2.45, 2.75) is 12.9 Å². The Morgan fingerprint density at radius 2 is 1.78 bits per heavy atom. The number of nitrogens with two attached hydrogens (primary N) is 1. The van der Waals surface area contributed by atoms with Crippen molar-refractivity contribution in [1.82, 2.24) is 0 Å². The van der Waals surface area contributed by atoms with Gasteiger partial charge in [-0.05, 0) is 29.8 Å². The summed E-state index contributed by atoms with van der Waals surface area (Å²) in [5, 5.41) is 11.7. The highest BCUT2D eigenvalue weighted by Gasteiger charge is 2.32. The maximum absolute atomic E-state index is 12.3. The number of benzene rings is 2. The molecule has 0 saturated carbocycles. The summed E-state index contributed by atoms with van der Waals surface area (Å²) in [6, 6.07) is 11.8. The molecule has 0 atom stereocenters. The van der Waals surface area contributed by atoms with E-state index in [1.807, 2.05) is 0 Å². The van der Waals surface area contributed by atoms with Crippen LogP contribution in [0.1, 0.15) is 5.56 Å². The van der Waals surface area contributed by atoms with Crippen LogP contribution in [0.15, 0.2) is 53.5 Å². The fourth-order valence-corrected chi connectivity index (χ4v) is 1.74. The highest BCUT2D eigenvalue weighted by molar-refractivity contribution is 5.93. The van der Waals surface area contributed by atoms with E-state index < -0.39 is 12.1 Å². The molecule has 0 aromatic heterocycles. The predicted octanol–water partition coefficient (Wildman–Crippen LogP) is 3.22. The second kappa shape index (κ2) is 6.91. The number of ether oxygens (including phenoxy) is 1. The molecule has 2 aromatic rings. The van der Waals surface area contributed by atoms with Gasteiger partial charge in [0.1, 0.15) is 5.75 Å². The summed E-state index contributed by atoms with van der Waals surface area (Å²) in [6.07, 6.45) is -4.80. The first kappa shape index (κ1) is 16.5. The van der Waals surface area contributed by atoms with Gasteiger partial charge in [-0.1, -0.05) is 24.3 Å². The number of hydrogen-bond donors (Lipinski definition) is 3. The van der Waals surface area contributed by atoms with Gasteiger partial charge >= 0.3 is 6.36 Å². The van der Waals surface area contributed by atoms with E-state index >= 15 is 0 Å². The van der Waals surface area contributed by atoms with E-state index in [1.165, 1.54) is 30.3 Å². The van der Waals surface area contributed by atoms with Crippen LogP contribution in [-0.4, -0.2) is 17.4 Å². The fourth-order valence-electron chi connectivity index (χ4n) is 1.74. The zero-order valence-corrected chi connectivity index (χ0v) is 11.8. The Bertz CT molecular complexity index is 685. The normalized spacial score (nSPS) is 12.0. The fraction of sp³-hybridized carbons (Fsp3) is 0.133. The molecule has 0 fully saturated rings. The Morgan fingerprint density at radius 1 is 1.13 bits per heavy atom. The quantitative estimate of drug-likeness (QED) is 0.596. The van der Waals surface area contributed by atoms with Gasteiger partial charge in [0.15, 0.2) is 11.7 Å². The van der Waals surface area contributed by atoms with E-state index in [2.05, 4.69) is 15.0 Å². The third-order valence-electron chi connectivity index (χ3n) is 2.74. The van der Waals surface area contributed by atoms with Crippen LogP contribution in [0.5, 0.6) is 11.5 Å². The van der Waals surface area contributed by atoms with Gasteiger partial charge in [-0.25, -0.2) is 4.99 Å². The molecule has 0 unspecified atom stereocenters. The molecule has 4 N–H and O–H groups in total. The molecular weight excluding hydrogens is 311 g/mol. The average Bonchev–Trinajstić information content (AvgIpc) is 2.47. The van der Waals surface area contributed by atoms with Crippen molar-refractivity contribution in [3.05, 3.63) is 54.1 Å². The molecule has 5 nitrogen and oxygen atoms in total. The average molecular weight is 325 g/mol. The summed E-state index contributed by atoms with van der Waals surface area (Å²) in [5.41, 5.74) is 6.51.